The molecule has 0 radical (unpaired) electrons. The summed E-state index contributed by atoms with van der Waals surface area (Å²) in [7, 11) is 0. The zero-order chi connectivity index (χ0) is 15.0. The molecule has 2 unspecified atom stereocenters. The molecule has 1 aliphatic heterocycles. The van der Waals surface area contributed by atoms with Crippen molar-refractivity contribution in [3.05, 3.63) is 28.1 Å². The zero-order valence-corrected chi connectivity index (χ0v) is 12.8. The van der Waals surface area contributed by atoms with E-state index in [9.17, 15) is 9.59 Å². The molecule has 0 aromatic carbocycles. The molecule has 1 aliphatic rings. The second kappa shape index (κ2) is 5.57. The Morgan fingerprint density at radius 2 is 2.14 bits per heavy atom. The summed E-state index contributed by atoms with van der Waals surface area (Å²) in [6, 6.07) is 1.80. The lowest BCUT2D eigenvalue weighted by Crippen LogP contribution is -2.49. The Balaban J connectivity index is 1.80. The van der Waals surface area contributed by atoms with Gasteiger partial charge >= 0.3 is 0 Å². The number of morpholine rings is 1. The van der Waals surface area contributed by atoms with Gasteiger partial charge in [0.15, 0.2) is 0 Å². The summed E-state index contributed by atoms with van der Waals surface area (Å²) in [5.41, 5.74) is 0.528. The van der Waals surface area contributed by atoms with Gasteiger partial charge in [0.05, 0.1) is 24.1 Å². The van der Waals surface area contributed by atoms with Gasteiger partial charge in [-0.3, -0.25) is 14.2 Å². The first-order valence-corrected chi connectivity index (χ1v) is 7.78. The van der Waals surface area contributed by atoms with Gasteiger partial charge in [0.25, 0.3) is 5.56 Å². The summed E-state index contributed by atoms with van der Waals surface area (Å²) in [5.74, 6) is -0.0724. The highest BCUT2D eigenvalue weighted by Crippen LogP contribution is 2.14. The number of aromatic nitrogens is 2. The highest BCUT2D eigenvalue weighted by Gasteiger charge is 2.26. The first-order valence-electron chi connectivity index (χ1n) is 6.90. The fraction of sp³-hybridized carbons (Fsp3) is 0.500. The van der Waals surface area contributed by atoms with Crippen molar-refractivity contribution in [3.63, 3.8) is 0 Å². The van der Waals surface area contributed by atoms with Crippen LogP contribution in [0.25, 0.3) is 10.2 Å². The molecule has 1 fully saturated rings. The van der Waals surface area contributed by atoms with Gasteiger partial charge in [-0.15, -0.1) is 11.3 Å². The highest BCUT2D eigenvalue weighted by atomic mass is 32.1. The molecule has 2 aromatic heterocycles. The lowest BCUT2D eigenvalue weighted by molar-refractivity contribution is -0.143. The Labute approximate surface area is 126 Å². The molecule has 1 saturated heterocycles. The normalized spacial score (nSPS) is 22.7. The largest absolute Gasteiger partial charge is 0.372 e. The quantitative estimate of drug-likeness (QED) is 0.833. The van der Waals surface area contributed by atoms with Crippen LogP contribution in [-0.2, 0) is 16.1 Å². The molecule has 21 heavy (non-hydrogen) atoms. The van der Waals surface area contributed by atoms with E-state index in [1.165, 1.54) is 22.2 Å². The van der Waals surface area contributed by atoms with Gasteiger partial charge < -0.3 is 9.64 Å². The highest BCUT2D eigenvalue weighted by molar-refractivity contribution is 7.17. The van der Waals surface area contributed by atoms with E-state index in [0.717, 1.165) is 0 Å². The van der Waals surface area contributed by atoms with Crippen LogP contribution in [0, 0.1) is 0 Å². The van der Waals surface area contributed by atoms with Gasteiger partial charge in [0, 0.05) is 13.1 Å². The van der Waals surface area contributed by atoms with Crippen LogP contribution in [0.5, 0.6) is 0 Å². The summed E-state index contributed by atoms with van der Waals surface area (Å²) in [5, 5.41) is 1.83. The second-order valence-corrected chi connectivity index (χ2v) is 6.28. The Morgan fingerprint density at radius 1 is 1.43 bits per heavy atom. The third kappa shape index (κ3) is 2.84. The van der Waals surface area contributed by atoms with Gasteiger partial charge in [0.1, 0.15) is 11.2 Å². The van der Waals surface area contributed by atoms with Crippen molar-refractivity contribution in [2.24, 2.45) is 0 Å². The smallest absolute Gasteiger partial charge is 0.271 e. The molecule has 3 heterocycles. The summed E-state index contributed by atoms with van der Waals surface area (Å²) < 4.78 is 7.59. The maximum Gasteiger partial charge on any atom is 0.271 e. The van der Waals surface area contributed by atoms with Crippen LogP contribution in [0.3, 0.4) is 0 Å². The first kappa shape index (κ1) is 14.2. The Bertz CT molecular complexity index is 714. The number of nitrogens with zero attached hydrogens (tertiary/aromatic N) is 3. The number of rotatable bonds is 2. The van der Waals surface area contributed by atoms with E-state index in [1.807, 2.05) is 19.2 Å². The molecule has 1 amide bonds. The van der Waals surface area contributed by atoms with Crippen molar-refractivity contribution >= 4 is 27.5 Å². The Kier molecular flexibility index (Phi) is 3.77. The minimum absolute atomic E-state index is 0.0207. The summed E-state index contributed by atoms with van der Waals surface area (Å²) in [6.45, 7) is 5.04. The fourth-order valence-electron chi connectivity index (χ4n) is 2.62. The maximum atomic E-state index is 12.4. The van der Waals surface area contributed by atoms with E-state index in [0.29, 0.717) is 23.3 Å². The van der Waals surface area contributed by atoms with Crippen LogP contribution in [0.15, 0.2) is 22.6 Å². The average molecular weight is 307 g/mol. The molecule has 6 nitrogen and oxygen atoms in total. The van der Waals surface area contributed by atoms with E-state index in [4.69, 9.17) is 4.74 Å². The van der Waals surface area contributed by atoms with Crippen molar-refractivity contribution < 1.29 is 9.53 Å². The van der Waals surface area contributed by atoms with Crippen LogP contribution in [0.2, 0.25) is 0 Å². The Morgan fingerprint density at radius 3 is 2.86 bits per heavy atom. The molecule has 2 aromatic rings. The summed E-state index contributed by atoms with van der Waals surface area (Å²) >= 11 is 1.35. The van der Waals surface area contributed by atoms with Crippen molar-refractivity contribution in [2.45, 2.75) is 32.6 Å². The van der Waals surface area contributed by atoms with E-state index < -0.39 is 0 Å². The lowest BCUT2D eigenvalue weighted by Gasteiger charge is -2.35. The minimum atomic E-state index is -0.155. The van der Waals surface area contributed by atoms with Gasteiger partial charge in [-0.1, -0.05) is 0 Å². The minimum Gasteiger partial charge on any atom is -0.372 e. The number of amides is 1. The third-order valence-electron chi connectivity index (χ3n) is 3.51. The molecule has 0 bridgehead atoms. The average Bonchev–Trinajstić information content (AvgIpc) is 2.90. The molecule has 7 heteroatoms. The van der Waals surface area contributed by atoms with Gasteiger partial charge in [-0.05, 0) is 25.3 Å². The van der Waals surface area contributed by atoms with Crippen LogP contribution in [-0.4, -0.2) is 45.7 Å². The van der Waals surface area contributed by atoms with Crippen molar-refractivity contribution in [3.8, 4) is 0 Å². The van der Waals surface area contributed by atoms with Crippen molar-refractivity contribution in [2.75, 3.05) is 13.1 Å². The maximum absolute atomic E-state index is 12.4. The standard InChI is InChI=1S/C14H17N3O3S/c1-9-5-16(6-10(2)20-9)12(18)7-17-8-15-11-3-4-21-13(11)14(17)19/h3-4,8-10H,5-7H2,1-2H3. The predicted molar refractivity (Wildman–Crippen MR) is 80.5 cm³/mol. The van der Waals surface area contributed by atoms with Crippen molar-refractivity contribution in [1.29, 1.82) is 0 Å². The van der Waals surface area contributed by atoms with E-state index in [1.54, 1.807) is 11.0 Å². The number of hydrogen-bond donors (Lipinski definition) is 0. The molecular formula is C14H17N3O3S. The topological polar surface area (TPSA) is 64.4 Å². The summed E-state index contributed by atoms with van der Waals surface area (Å²) in [6.07, 6.45) is 1.49. The number of fused-ring (bicyclic) bond motifs is 1. The van der Waals surface area contributed by atoms with Crippen LogP contribution in [0.4, 0.5) is 0 Å². The van der Waals surface area contributed by atoms with Gasteiger partial charge in [-0.2, -0.15) is 0 Å². The van der Waals surface area contributed by atoms with Gasteiger partial charge in [-0.25, -0.2) is 4.98 Å². The van der Waals surface area contributed by atoms with Crippen LogP contribution >= 0.6 is 11.3 Å². The van der Waals surface area contributed by atoms with E-state index >= 15 is 0 Å². The van der Waals surface area contributed by atoms with Crippen LogP contribution in [0.1, 0.15) is 13.8 Å². The number of ether oxygens (including phenoxy) is 1. The molecule has 0 spiro atoms. The predicted octanol–water partition coefficient (Wildman–Crippen LogP) is 1.09. The molecule has 0 saturated carbocycles. The number of thiophene rings is 1. The number of carbonyl (C=O) groups is 1. The second-order valence-electron chi connectivity index (χ2n) is 5.37. The van der Waals surface area contributed by atoms with Crippen molar-refractivity contribution in [1.82, 2.24) is 14.5 Å². The van der Waals surface area contributed by atoms with E-state index in [2.05, 4.69) is 4.98 Å². The molecular weight excluding hydrogens is 290 g/mol. The SMILES string of the molecule is CC1CN(C(=O)Cn2cnc3ccsc3c2=O)CC(C)O1. The molecule has 0 aliphatic carbocycles. The first-order chi connectivity index (χ1) is 10.0. The fourth-order valence-corrected chi connectivity index (χ4v) is 3.41. The number of carbonyl (C=O) groups excluding carboxylic acids is 1. The van der Waals surface area contributed by atoms with Crippen LogP contribution < -0.4 is 5.56 Å². The molecule has 2 atom stereocenters. The Hall–Kier alpha value is -1.73. The number of hydrogen-bond acceptors (Lipinski definition) is 5. The molecule has 112 valence electrons. The van der Waals surface area contributed by atoms with Gasteiger partial charge in [0.2, 0.25) is 5.91 Å². The molecule has 3 rings (SSSR count). The molecule has 0 N–H and O–H groups in total. The summed E-state index contributed by atoms with van der Waals surface area (Å²) in [4.78, 5) is 30.6. The third-order valence-corrected chi connectivity index (χ3v) is 4.41. The lowest BCUT2D eigenvalue weighted by atomic mass is 10.2. The van der Waals surface area contributed by atoms with E-state index in [-0.39, 0.29) is 30.2 Å². The monoisotopic (exact) mass is 307 g/mol. The zero-order valence-electron chi connectivity index (χ0n) is 12.0.